The molecule has 4 bridgehead atoms. The molecule has 144 valence electrons. The fourth-order valence-electron chi connectivity index (χ4n) is 6.51. The molecule has 1 N–H and O–H groups in total. The van der Waals surface area contributed by atoms with Gasteiger partial charge in [-0.25, -0.2) is 9.67 Å². The fourth-order valence-corrected chi connectivity index (χ4v) is 7.03. The number of aromatic nitrogens is 5. The Labute approximate surface area is 166 Å². The lowest BCUT2D eigenvalue weighted by Gasteiger charge is -2.60. The van der Waals surface area contributed by atoms with E-state index >= 15 is 0 Å². The van der Waals surface area contributed by atoms with Crippen LogP contribution in [0.4, 0.5) is 0 Å². The number of carbonyl (C=O) groups is 1. The molecule has 4 aliphatic rings. The minimum Gasteiger partial charge on any atom is -0.352 e. The largest absolute Gasteiger partial charge is 0.352 e. The molecule has 0 saturated heterocycles. The van der Waals surface area contributed by atoms with Crippen molar-refractivity contribution in [3.05, 3.63) is 36.4 Å². The van der Waals surface area contributed by atoms with E-state index in [0.717, 1.165) is 48.7 Å². The number of benzene rings is 1. The molecule has 1 aromatic carbocycles. The number of rotatable bonds is 4. The van der Waals surface area contributed by atoms with Crippen LogP contribution in [0.2, 0.25) is 0 Å². The SMILES string of the molecule is O=C(NCc1ccc2nsnc2c1)C12CC3CC(C1)CC(n1cncn1)(C3)C2. The second-order valence-corrected chi connectivity index (χ2v) is 9.60. The summed E-state index contributed by atoms with van der Waals surface area (Å²) < 4.78 is 10.6. The first-order valence-corrected chi connectivity index (χ1v) is 10.7. The lowest BCUT2D eigenvalue weighted by molar-refractivity contribution is -0.156. The summed E-state index contributed by atoms with van der Waals surface area (Å²) in [5.74, 6) is 1.45. The highest BCUT2D eigenvalue weighted by Gasteiger charge is 2.61. The number of nitrogens with one attached hydrogen (secondary N) is 1. The molecule has 1 amide bonds. The maximum Gasteiger partial charge on any atom is 0.226 e. The van der Waals surface area contributed by atoms with Gasteiger partial charge in [0.05, 0.1) is 22.7 Å². The van der Waals surface area contributed by atoms with Gasteiger partial charge in [-0.3, -0.25) is 4.79 Å². The molecule has 4 aliphatic carbocycles. The van der Waals surface area contributed by atoms with E-state index in [0.29, 0.717) is 18.4 Å². The molecule has 7 nitrogen and oxygen atoms in total. The van der Waals surface area contributed by atoms with Gasteiger partial charge in [-0.2, -0.15) is 13.8 Å². The zero-order chi connectivity index (χ0) is 18.8. The molecule has 8 heteroatoms. The Hall–Kier alpha value is -2.35. The van der Waals surface area contributed by atoms with Crippen LogP contribution in [-0.4, -0.2) is 29.4 Å². The number of hydrogen-bond donors (Lipinski definition) is 1. The standard InChI is InChI=1S/C20H22N6OS/c27-18(22-9-13-1-2-16-17(4-13)25-28-24-16)19-5-14-3-15(6-19)8-20(7-14,10-19)26-12-21-11-23-26/h1-2,4,11-12,14-15H,3,5-10H2,(H,22,27). The second kappa shape index (κ2) is 5.83. The third-order valence-corrected chi connectivity index (χ3v) is 7.74. The first kappa shape index (κ1) is 16.6. The van der Waals surface area contributed by atoms with Crippen LogP contribution in [0.25, 0.3) is 11.0 Å². The molecule has 2 unspecified atom stereocenters. The van der Waals surface area contributed by atoms with Crippen LogP contribution in [0.1, 0.15) is 44.1 Å². The predicted octanol–water partition coefficient (Wildman–Crippen LogP) is 2.89. The van der Waals surface area contributed by atoms with Crippen LogP contribution >= 0.6 is 11.7 Å². The molecular weight excluding hydrogens is 372 g/mol. The van der Waals surface area contributed by atoms with Crippen molar-refractivity contribution in [2.24, 2.45) is 17.3 Å². The van der Waals surface area contributed by atoms with Crippen molar-refractivity contribution in [3.63, 3.8) is 0 Å². The first-order valence-electron chi connectivity index (χ1n) is 9.99. The Morgan fingerprint density at radius 1 is 1.18 bits per heavy atom. The molecule has 2 heterocycles. The average molecular weight is 395 g/mol. The van der Waals surface area contributed by atoms with E-state index in [1.165, 1.54) is 18.1 Å². The zero-order valence-corrected chi connectivity index (χ0v) is 16.4. The third-order valence-electron chi connectivity index (χ3n) is 7.19. The molecule has 4 fully saturated rings. The lowest BCUT2D eigenvalue weighted by Crippen LogP contribution is -2.60. The molecule has 2 aromatic heterocycles. The normalized spacial score (nSPS) is 33.4. The highest BCUT2D eigenvalue weighted by Crippen LogP contribution is 2.64. The molecular formula is C20H22N6OS. The van der Waals surface area contributed by atoms with E-state index < -0.39 is 0 Å². The lowest BCUT2D eigenvalue weighted by atomic mass is 9.46. The van der Waals surface area contributed by atoms with Gasteiger partial charge in [-0.05, 0) is 68.1 Å². The monoisotopic (exact) mass is 394 g/mol. The molecule has 4 saturated carbocycles. The Morgan fingerprint density at radius 2 is 2.00 bits per heavy atom. The van der Waals surface area contributed by atoms with Gasteiger partial charge in [0.2, 0.25) is 5.91 Å². The fraction of sp³-hybridized carbons (Fsp3) is 0.550. The molecule has 0 radical (unpaired) electrons. The highest BCUT2D eigenvalue weighted by molar-refractivity contribution is 7.00. The molecule has 0 spiro atoms. The van der Waals surface area contributed by atoms with Crippen LogP contribution in [0.15, 0.2) is 30.9 Å². The van der Waals surface area contributed by atoms with Crippen LogP contribution in [0.3, 0.4) is 0 Å². The van der Waals surface area contributed by atoms with Crippen molar-refractivity contribution in [3.8, 4) is 0 Å². The molecule has 7 rings (SSSR count). The highest BCUT2D eigenvalue weighted by atomic mass is 32.1. The Bertz CT molecular complexity index is 1030. The van der Waals surface area contributed by atoms with Gasteiger partial charge in [0.15, 0.2) is 0 Å². The number of hydrogen-bond acceptors (Lipinski definition) is 6. The molecule has 0 aliphatic heterocycles. The quantitative estimate of drug-likeness (QED) is 0.735. The van der Waals surface area contributed by atoms with Crippen LogP contribution in [0.5, 0.6) is 0 Å². The van der Waals surface area contributed by atoms with Crippen molar-refractivity contribution in [1.82, 2.24) is 28.8 Å². The molecule has 3 aromatic rings. The maximum absolute atomic E-state index is 13.4. The summed E-state index contributed by atoms with van der Waals surface area (Å²) >= 11 is 1.22. The van der Waals surface area contributed by atoms with Gasteiger partial charge in [0.25, 0.3) is 0 Å². The molecule has 2 atom stereocenters. The molecule has 28 heavy (non-hydrogen) atoms. The van der Waals surface area contributed by atoms with E-state index in [1.807, 2.05) is 24.5 Å². The number of nitrogens with zero attached hydrogens (tertiary/aromatic N) is 5. The van der Waals surface area contributed by atoms with Crippen molar-refractivity contribution in [2.75, 3.05) is 0 Å². The number of fused-ring (bicyclic) bond motifs is 1. The van der Waals surface area contributed by atoms with Crippen molar-refractivity contribution >= 4 is 28.7 Å². The van der Waals surface area contributed by atoms with Crippen molar-refractivity contribution in [1.29, 1.82) is 0 Å². The maximum atomic E-state index is 13.4. The summed E-state index contributed by atoms with van der Waals surface area (Å²) in [6.07, 6.45) is 9.91. The third kappa shape index (κ3) is 2.43. The van der Waals surface area contributed by atoms with E-state index in [4.69, 9.17) is 0 Å². The van der Waals surface area contributed by atoms with E-state index in [1.54, 1.807) is 6.33 Å². The van der Waals surface area contributed by atoms with Crippen LogP contribution in [0, 0.1) is 17.3 Å². The zero-order valence-electron chi connectivity index (χ0n) is 15.5. The summed E-state index contributed by atoms with van der Waals surface area (Å²) in [4.78, 5) is 17.6. The summed E-state index contributed by atoms with van der Waals surface area (Å²) in [6, 6.07) is 6.03. The van der Waals surface area contributed by atoms with Gasteiger partial charge in [0.1, 0.15) is 23.7 Å². The number of carbonyl (C=O) groups excluding carboxylic acids is 1. The summed E-state index contributed by atoms with van der Waals surface area (Å²) in [5.41, 5.74) is 2.60. The Balaban J connectivity index is 1.25. The first-order chi connectivity index (χ1) is 13.6. The van der Waals surface area contributed by atoms with Crippen LogP contribution in [-0.2, 0) is 16.9 Å². The second-order valence-electron chi connectivity index (χ2n) is 9.08. The van der Waals surface area contributed by atoms with Gasteiger partial charge >= 0.3 is 0 Å². The van der Waals surface area contributed by atoms with Gasteiger partial charge in [-0.15, -0.1) is 0 Å². The van der Waals surface area contributed by atoms with E-state index in [9.17, 15) is 4.79 Å². The topological polar surface area (TPSA) is 85.6 Å². The minimum absolute atomic E-state index is 0.0247. The van der Waals surface area contributed by atoms with Gasteiger partial charge in [0, 0.05) is 6.54 Å². The minimum atomic E-state index is -0.262. The summed E-state index contributed by atoms with van der Waals surface area (Å²) in [5, 5.41) is 7.72. The average Bonchev–Trinajstić information content (AvgIpc) is 3.36. The Morgan fingerprint density at radius 3 is 2.79 bits per heavy atom. The van der Waals surface area contributed by atoms with E-state index in [2.05, 4.69) is 28.8 Å². The summed E-state index contributed by atoms with van der Waals surface area (Å²) in [7, 11) is 0. The van der Waals surface area contributed by atoms with Crippen LogP contribution < -0.4 is 5.32 Å². The summed E-state index contributed by atoms with van der Waals surface area (Å²) in [6.45, 7) is 0.541. The van der Waals surface area contributed by atoms with Crippen molar-refractivity contribution in [2.45, 2.75) is 50.6 Å². The van der Waals surface area contributed by atoms with Crippen molar-refractivity contribution < 1.29 is 4.79 Å². The number of amides is 1. The smallest absolute Gasteiger partial charge is 0.226 e. The van der Waals surface area contributed by atoms with Gasteiger partial charge in [-0.1, -0.05) is 6.07 Å². The van der Waals surface area contributed by atoms with E-state index in [-0.39, 0.29) is 16.9 Å². The van der Waals surface area contributed by atoms with Gasteiger partial charge < -0.3 is 5.32 Å². The Kier molecular flexibility index (Phi) is 3.45. The predicted molar refractivity (Wildman–Crippen MR) is 104 cm³/mol.